The van der Waals surface area contributed by atoms with Gasteiger partial charge in [0.05, 0.1) is 6.10 Å². The highest BCUT2D eigenvalue weighted by molar-refractivity contribution is 5.20. The summed E-state index contributed by atoms with van der Waals surface area (Å²) in [6, 6.07) is 4.08. The van der Waals surface area contributed by atoms with Gasteiger partial charge in [-0.25, -0.2) is 0 Å². The van der Waals surface area contributed by atoms with Crippen LogP contribution in [0.5, 0.6) is 0 Å². The molecule has 0 aromatic carbocycles. The molecule has 78 valence electrons. The lowest BCUT2D eigenvalue weighted by Crippen LogP contribution is -2.06. The molecule has 1 aromatic rings. The Bertz CT molecular complexity index is 273. The first kappa shape index (κ1) is 11.2. The van der Waals surface area contributed by atoms with Gasteiger partial charge in [0.2, 0.25) is 0 Å². The van der Waals surface area contributed by atoms with Gasteiger partial charge in [0.1, 0.15) is 0 Å². The summed E-state index contributed by atoms with van der Waals surface area (Å²) < 4.78 is 5.77. The van der Waals surface area contributed by atoms with Crippen molar-refractivity contribution in [2.45, 2.75) is 39.7 Å². The molecule has 2 heteroatoms. The third kappa shape index (κ3) is 2.81. The van der Waals surface area contributed by atoms with E-state index in [2.05, 4.69) is 24.9 Å². The van der Waals surface area contributed by atoms with E-state index in [4.69, 9.17) is 4.74 Å². The summed E-state index contributed by atoms with van der Waals surface area (Å²) in [7, 11) is 0. The Balaban J connectivity index is 2.73. The third-order valence-electron chi connectivity index (χ3n) is 2.29. The quantitative estimate of drug-likeness (QED) is 0.716. The van der Waals surface area contributed by atoms with Crippen molar-refractivity contribution in [2.75, 3.05) is 6.61 Å². The van der Waals surface area contributed by atoms with Crippen LogP contribution in [-0.4, -0.2) is 11.6 Å². The molecule has 1 unspecified atom stereocenters. The zero-order valence-electron chi connectivity index (χ0n) is 9.29. The molecule has 0 amide bonds. The molecule has 0 radical (unpaired) electrons. The number of aryl methyl sites for hydroxylation is 1. The molecule has 1 atom stereocenters. The van der Waals surface area contributed by atoms with Gasteiger partial charge in [0.15, 0.2) is 0 Å². The van der Waals surface area contributed by atoms with E-state index < -0.39 is 0 Å². The highest BCUT2D eigenvalue weighted by atomic mass is 16.5. The van der Waals surface area contributed by atoms with Gasteiger partial charge in [-0.3, -0.25) is 4.98 Å². The van der Waals surface area contributed by atoms with Gasteiger partial charge in [-0.05, 0) is 25.8 Å². The van der Waals surface area contributed by atoms with Crippen LogP contribution in [0.15, 0.2) is 18.3 Å². The molecule has 0 saturated carbocycles. The molecule has 2 nitrogen and oxygen atoms in total. The topological polar surface area (TPSA) is 22.1 Å². The van der Waals surface area contributed by atoms with E-state index in [-0.39, 0.29) is 6.10 Å². The predicted molar refractivity (Wildman–Crippen MR) is 58.2 cm³/mol. The van der Waals surface area contributed by atoms with Gasteiger partial charge < -0.3 is 4.74 Å². The highest BCUT2D eigenvalue weighted by Crippen LogP contribution is 2.22. The van der Waals surface area contributed by atoms with Crippen LogP contribution in [0.25, 0.3) is 0 Å². The average Bonchev–Trinajstić information content (AvgIpc) is 2.21. The maximum atomic E-state index is 5.77. The monoisotopic (exact) mass is 193 g/mol. The fourth-order valence-corrected chi connectivity index (χ4v) is 1.52. The van der Waals surface area contributed by atoms with Crippen LogP contribution < -0.4 is 0 Å². The number of aromatic nitrogens is 1. The Labute approximate surface area is 86.3 Å². The maximum absolute atomic E-state index is 5.77. The number of ether oxygens (including phenoxy) is 1. The van der Waals surface area contributed by atoms with Gasteiger partial charge >= 0.3 is 0 Å². The lowest BCUT2D eigenvalue weighted by atomic mass is 10.1. The molecule has 0 N–H and O–H groups in total. The fourth-order valence-electron chi connectivity index (χ4n) is 1.52. The first-order valence-electron chi connectivity index (χ1n) is 5.32. The fraction of sp³-hybridized carbons (Fsp3) is 0.583. The van der Waals surface area contributed by atoms with Crippen molar-refractivity contribution in [3.8, 4) is 0 Å². The summed E-state index contributed by atoms with van der Waals surface area (Å²) in [4.78, 5) is 4.28. The van der Waals surface area contributed by atoms with Crippen LogP contribution in [0, 0.1) is 6.92 Å². The van der Waals surface area contributed by atoms with Crippen LogP contribution in [-0.2, 0) is 4.74 Å². The SMILES string of the molecule is CCCOC(CC)c1cccnc1C. The lowest BCUT2D eigenvalue weighted by Gasteiger charge is -2.17. The number of hydrogen-bond acceptors (Lipinski definition) is 2. The molecule has 14 heavy (non-hydrogen) atoms. The van der Waals surface area contributed by atoms with Gasteiger partial charge in [-0.15, -0.1) is 0 Å². The second-order valence-corrected chi connectivity index (χ2v) is 3.45. The second kappa shape index (κ2) is 5.76. The second-order valence-electron chi connectivity index (χ2n) is 3.45. The first-order chi connectivity index (χ1) is 6.79. The van der Waals surface area contributed by atoms with Crippen LogP contribution in [0.2, 0.25) is 0 Å². The normalized spacial score (nSPS) is 12.8. The number of pyridine rings is 1. The van der Waals surface area contributed by atoms with Crippen LogP contribution in [0.4, 0.5) is 0 Å². The largest absolute Gasteiger partial charge is 0.373 e. The van der Waals surface area contributed by atoms with E-state index in [0.717, 1.165) is 25.1 Å². The molecular weight excluding hydrogens is 174 g/mol. The summed E-state index contributed by atoms with van der Waals surface area (Å²) in [5.74, 6) is 0. The summed E-state index contributed by atoms with van der Waals surface area (Å²) >= 11 is 0. The van der Waals surface area contributed by atoms with Crippen molar-refractivity contribution in [2.24, 2.45) is 0 Å². The van der Waals surface area contributed by atoms with Gasteiger partial charge in [0.25, 0.3) is 0 Å². The molecule has 0 aliphatic rings. The Hall–Kier alpha value is -0.890. The van der Waals surface area contributed by atoms with Crippen molar-refractivity contribution in [3.63, 3.8) is 0 Å². The van der Waals surface area contributed by atoms with Crippen molar-refractivity contribution < 1.29 is 4.74 Å². The van der Waals surface area contributed by atoms with E-state index in [1.54, 1.807) is 0 Å². The van der Waals surface area contributed by atoms with Gasteiger partial charge in [-0.1, -0.05) is 19.9 Å². The number of rotatable bonds is 5. The Kier molecular flexibility index (Phi) is 4.60. The van der Waals surface area contributed by atoms with Crippen molar-refractivity contribution in [1.82, 2.24) is 4.98 Å². The molecule has 1 aromatic heterocycles. The number of nitrogens with zero attached hydrogens (tertiary/aromatic N) is 1. The minimum atomic E-state index is 0.212. The minimum absolute atomic E-state index is 0.212. The summed E-state index contributed by atoms with van der Waals surface area (Å²) in [5.41, 5.74) is 2.30. The molecule has 0 saturated heterocycles. The third-order valence-corrected chi connectivity index (χ3v) is 2.29. The standard InChI is InChI=1S/C12H19NO/c1-4-9-14-12(5-2)11-7-6-8-13-10(11)3/h6-8,12H,4-5,9H2,1-3H3. The molecule has 0 spiro atoms. The van der Waals surface area contributed by atoms with E-state index >= 15 is 0 Å². The summed E-state index contributed by atoms with van der Waals surface area (Å²) in [6.45, 7) is 7.13. The molecular formula is C12H19NO. The van der Waals surface area contributed by atoms with Crippen LogP contribution in [0.1, 0.15) is 44.1 Å². The number of hydrogen-bond donors (Lipinski definition) is 0. The zero-order valence-corrected chi connectivity index (χ0v) is 9.29. The van der Waals surface area contributed by atoms with Crippen molar-refractivity contribution in [1.29, 1.82) is 0 Å². The van der Waals surface area contributed by atoms with Crippen LogP contribution >= 0.6 is 0 Å². The Morgan fingerprint density at radius 1 is 1.43 bits per heavy atom. The van der Waals surface area contributed by atoms with E-state index in [9.17, 15) is 0 Å². The highest BCUT2D eigenvalue weighted by Gasteiger charge is 2.11. The first-order valence-corrected chi connectivity index (χ1v) is 5.32. The van der Waals surface area contributed by atoms with Gasteiger partial charge in [-0.2, -0.15) is 0 Å². The van der Waals surface area contributed by atoms with E-state index in [1.807, 2.05) is 19.2 Å². The lowest BCUT2D eigenvalue weighted by molar-refractivity contribution is 0.0498. The zero-order chi connectivity index (χ0) is 10.4. The van der Waals surface area contributed by atoms with E-state index in [1.165, 1.54) is 5.56 Å². The maximum Gasteiger partial charge on any atom is 0.0839 e. The Morgan fingerprint density at radius 3 is 2.79 bits per heavy atom. The van der Waals surface area contributed by atoms with Crippen molar-refractivity contribution in [3.05, 3.63) is 29.6 Å². The molecule has 1 rings (SSSR count). The molecule has 0 bridgehead atoms. The van der Waals surface area contributed by atoms with Crippen molar-refractivity contribution >= 4 is 0 Å². The van der Waals surface area contributed by atoms with E-state index in [0.29, 0.717) is 0 Å². The predicted octanol–water partition coefficient (Wildman–Crippen LogP) is 3.27. The summed E-state index contributed by atoms with van der Waals surface area (Å²) in [5, 5.41) is 0. The van der Waals surface area contributed by atoms with Gasteiger partial charge in [0, 0.05) is 24.1 Å². The average molecular weight is 193 g/mol. The molecule has 0 aliphatic carbocycles. The van der Waals surface area contributed by atoms with Crippen LogP contribution in [0.3, 0.4) is 0 Å². The molecule has 0 aliphatic heterocycles. The Morgan fingerprint density at radius 2 is 2.21 bits per heavy atom. The smallest absolute Gasteiger partial charge is 0.0839 e. The minimum Gasteiger partial charge on any atom is -0.373 e. The molecule has 0 fully saturated rings. The summed E-state index contributed by atoms with van der Waals surface area (Å²) in [6.07, 6.45) is 4.11. The molecule has 1 heterocycles.